The third kappa shape index (κ3) is 2.34. The molecule has 1 aliphatic rings. The van der Waals surface area contributed by atoms with Crippen molar-refractivity contribution in [3.05, 3.63) is 33.8 Å². The Morgan fingerprint density at radius 1 is 1.47 bits per heavy atom. The molecular formula is C12H11BrF2O2. The maximum Gasteiger partial charge on any atom is 0.306 e. The number of methoxy groups -OCH3 is 1. The molecule has 0 atom stereocenters. The van der Waals surface area contributed by atoms with Crippen molar-refractivity contribution < 1.29 is 18.3 Å². The zero-order valence-electron chi connectivity index (χ0n) is 9.23. The van der Waals surface area contributed by atoms with Crippen molar-refractivity contribution in [2.24, 2.45) is 0 Å². The van der Waals surface area contributed by atoms with Gasteiger partial charge in [-0.2, -0.15) is 0 Å². The van der Waals surface area contributed by atoms with Crippen LogP contribution in [0.2, 0.25) is 0 Å². The number of ether oxygens (including phenoxy) is 1. The van der Waals surface area contributed by atoms with E-state index in [1.54, 1.807) is 0 Å². The highest BCUT2D eigenvalue weighted by Crippen LogP contribution is 2.52. The van der Waals surface area contributed by atoms with Gasteiger partial charge in [-0.05, 0) is 46.5 Å². The molecule has 1 saturated carbocycles. The van der Waals surface area contributed by atoms with E-state index in [0.717, 1.165) is 18.9 Å². The van der Waals surface area contributed by atoms with Crippen LogP contribution < -0.4 is 0 Å². The second-order valence-corrected chi connectivity index (χ2v) is 5.14. The Hall–Kier alpha value is -0.970. The molecule has 0 N–H and O–H groups in total. The van der Waals surface area contributed by atoms with E-state index in [9.17, 15) is 13.6 Å². The van der Waals surface area contributed by atoms with Crippen LogP contribution in [0.1, 0.15) is 24.8 Å². The van der Waals surface area contributed by atoms with Gasteiger partial charge >= 0.3 is 5.97 Å². The zero-order valence-corrected chi connectivity index (χ0v) is 10.8. The van der Waals surface area contributed by atoms with Gasteiger partial charge in [-0.1, -0.05) is 0 Å². The maximum absolute atomic E-state index is 13.3. The lowest BCUT2D eigenvalue weighted by molar-refractivity contribution is -0.141. The number of carbonyl (C=O) groups is 1. The Kier molecular flexibility index (Phi) is 3.21. The second kappa shape index (κ2) is 4.37. The topological polar surface area (TPSA) is 26.3 Å². The summed E-state index contributed by atoms with van der Waals surface area (Å²) in [5.74, 6) is -2.13. The molecular weight excluding hydrogens is 294 g/mol. The van der Waals surface area contributed by atoms with Crippen LogP contribution in [-0.2, 0) is 14.9 Å². The molecule has 0 radical (unpaired) electrons. The number of benzene rings is 1. The Morgan fingerprint density at radius 2 is 2.12 bits per heavy atom. The zero-order chi connectivity index (χ0) is 12.6. The van der Waals surface area contributed by atoms with Crippen molar-refractivity contribution in [1.82, 2.24) is 0 Å². The highest BCUT2D eigenvalue weighted by atomic mass is 79.9. The minimum Gasteiger partial charge on any atom is -0.469 e. The molecule has 1 fully saturated rings. The van der Waals surface area contributed by atoms with Gasteiger partial charge in [0.1, 0.15) is 0 Å². The van der Waals surface area contributed by atoms with Crippen LogP contribution in [0.4, 0.5) is 8.78 Å². The van der Waals surface area contributed by atoms with Crippen LogP contribution in [0.5, 0.6) is 0 Å². The average molecular weight is 305 g/mol. The van der Waals surface area contributed by atoms with Gasteiger partial charge in [-0.25, -0.2) is 8.78 Å². The third-order valence-electron chi connectivity index (χ3n) is 3.16. The normalized spacial score (nSPS) is 16.7. The molecule has 0 bridgehead atoms. The molecule has 0 unspecified atom stereocenters. The summed E-state index contributed by atoms with van der Waals surface area (Å²) in [7, 11) is 1.32. The van der Waals surface area contributed by atoms with E-state index in [1.807, 2.05) is 0 Å². The summed E-state index contributed by atoms with van der Waals surface area (Å²) >= 11 is 2.97. The van der Waals surface area contributed by atoms with E-state index in [2.05, 4.69) is 20.7 Å². The smallest absolute Gasteiger partial charge is 0.306 e. The van der Waals surface area contributed by atoms with Crippen molar-refractivity contribution in [1.29, 1.82) is 0 Å². The van der Waals surface area contributed by atoms with Gasteiger partial charge < -0.3 is 4.74 Å². The van der Waals surface area contributed by atoms with Crippen LogP contribution in [0.3, 0.4) is 0 Å². The molecule has 1 aliphatic carbocycles. The summed E-state index contributed by atoms with van der Waals surface area (Å²) in [5.41, 5.74) is 0.276. The molecule has 1 aromatic carbocycles. The van der Waals surface area contributed by atoms with E-state index in [0.29, 0.717) is 5.56 Å². The van der Waals surface area contributed by atoms with Crippen LogP contribution >= 0.6 is 15.9 Å². The summed E-state index contributed by atoms with van der Waals surface area (Å²) < 4.78 is 31.1. The van der Waals surface area contributed by atoms with Gasteiger partial charge in [0.05, 0.1) is 18.0 Å². The molecule has 0 aromatic heterocycles. The minimum absolute atomic E-state index is 0.0867. The quantitative estimate of drug-likeness (QED) is 0.632. The van der Waals surface area contributed by atoms with Crippen LogP contribution in [0.15, 0.2) is 16.6 Å². The number of rotatable bonds is 3. The number of esters is 1. The number of halogens is 3. The fraction of sp³-hybridized carbons (Fsp3) is 0.417. The predicted molar refractivity (Wildman–Crippen MR) is 61.6 cm³/mol. The van der Waals surface area contributed by atoms with Crippen molar-refractivity contribution in [3.63, 3.8) is 0 Å². The van der Waals surface area contributed by atoms with Gasteiger partial charge in [0.15, 0.2) is 11.6 Å². The number of carbonyl (C=O) groups excluding carboxylic acids is 1. The van der Waals surface area contributed by atoms with Crippen LogP contribution in [0, 0.1) is 11.6 Å². The summed E-state index contributed by atoms with van der Waals surface area (Å²) in [6, 6.07) is 2.70. The Bertz CT molecular complexity index is 447. The van der Waals surface area contributed by atoms with Gasteiger partial charge in [0.25, 0.3) is 0 Å². The van der Waals surface area contributed by atoms with E-state index >= 15 is 0 Å². The van der Waals surface area contributed by atoms with E-state index < -0.39 is 11.6 Å². The Labute approximate surface area is 106 Å². The Morgan fingerprint density at radius 3 is 2.59 bits per heavy atom. The van der Waals surface area contributed by atoms with Crippen LogP contribution in [-0.4, -0.2) is 13.1 Å². The van der Waals surface area contributed by atoms with Gasteiger partial charge in [-0.15, -0.1) is 0 Å². The van der Waals surface area contributed by atoms with Gasteiger partial charge in [0, 0.05) is 5.41 Å². The summed E-state index contributed by atoms with van der Waals surface area (Å²) in [4.78, 5) is 11.3. The summed E-state index contributed by atoms with van der Waals surface area (Å²) in [5, 5.41) is 0. The molecule has 2 rings (SSSR count). The monoisotopic (exact) mass is 304 g/mol. The van der Waals surface area contributed by atoms with E-state index in [4.69, 9.17) is 0 Å². The average Bonchev–Trinajstić information content (AvgIpc) is 3.06. The third-order valence-corrected chi connectivity index (χ3v) is 3.74. The largest absolute Gasteiger partial charge is 0.469 e. The lowest BCUT2D eigenvalue weighted by atomic mass is 9.92. The highest BCUT2D eigenvalue weighted by Gasteiger charge is 2.46. The molecule has 17 heavy (non-hydrogen) atoms. The Balaban J connectivity index is 2.31. The molecule has 0 aliphatic heterocycles. The first-order valence-corrected chi connectivity index (χ1v) is 6.00. The minimum atomic E-state index is -0.900. The van der Waals surface area contributed by atoms with Crippen molar-refractivity contribution >= 4 is 21.9 Å². The fourth-order valence-electron chi connectivity index (χ4n) is 1.93. The first-order chi connectivity index (χ1) is 7.98. The SMILES string of the molecule is COC(=O)CC1(c2cc(F)c(F)c(Br)c2)CC1. The van der Waals surface area contributed by atoms with Crippen LogP contribution in [0.25, 0.3) is 0 Å². The molecule has 2 nitrogen and oxygen atoms in total. The van der Waals surface area contributed by atoms with Crippen molar-refractivity contribution in [3.8, 4) is 0 Å². The maximum atomic E-state index is 13.3. The number of hydrogen-bond donors (Lipinski definition) is 0. The van der Waals surface area contributed by atoms with Crippen molar-refractivity contribution in [2.75, 3.05) is 7.11 Å². The lowest BCUT2D eigenvalue weighted by Crippen LogP contribution is -2.15. The lowest BCUT2D eigenvalue weighted by Gasteiger charge is -2.15. The van der Waals surface area contributed by atoms with Gasteiger partial charge in [0.2, 0.25) is 0 Å². The molecule has 5 heteroatoms. The molecule has 1 aromatic rings. The fourth-order valence-corrected chi connectivity index (χ4v) is 2.36. The molecule has 0 saturated heterocycles. The summed E-state index contributed by atoms with van der Waals surface area (Å²) in [6.07, 6.45) is 1.79. The molecule has 92 valence electrons. The van der Waals surface area contributed by atoms with Crippen molar-refractivity contribution in [2.45, 2.75) is 24.7 Å². The van der Waals surface area contributed by atoms with E-state index in [1.165, 1.54) is 13.2 Å². The molecule has 0 spiro atoms. The standard InChI is InChI=1S/C12H11BrF2O2/c1-17-10(16)6-12(2-3-12)7-4-8(13)11(15)9(14)5-7/h4-5H,2-3,6H2,1H3. The first kappa shape index (κ1) is 12.5. The highest BCUT2D eigenvalue weighted by molar-refractivity contribution is 9.10. The van der Waals surface area contributed by atoms with E-state index in [-0.39, 0.29) is 22.3 Å². The first-order valence-electron chi connectivity index (χ1n) is 5.20. The number of hydrogen-bond acceptors (Lipinski definition) is 2. The molecule has 0 amide bonds. The second-order valence-electron chi connectivity index (χ2n) is 4.29. The summed E-state index contributed by atoms with van der Waals surface area (Å²) in [6.45, 7) is 0. The molecule has 0 heterocycles. The predicted octanol–water partition coefficient (Wildman–Crippen LogP) is 3.32. The van der Waals surface area contributed by atoms with Gasteiger partial charge in [-0.3, -0.25) is 4.79 Å².